The molecule has 0 amide bonds. The lowest BCUT2D eigenvalue weighted by molar-refractivity contribution is 0.575. The lowest BCUT2D eigenvalue weighted by Crippen LogP contribution is -1.96. The lowest BCUT2D eigenvalue weighted by Gasteiger charge is -2.03. The minimum Gasteiger partial charge on any atom is -0.326 e. The molecule has 1 aromatic carbocycles. The van der Waals surface area contributed by atoms with E-state index in [9.17, 15) is 0 Å². The maximum atomic E-state index is 5.59. The quantitative estimate of drug-likeness (QED) is 0.589. The van der Waals surface area contributed by atoms with Crippen LogP contribution in [0.2, 0.25) is 0 Å². The zero-order valence-electron chi connectivity index (χ0n) is 12.0. The maximum absolute atomic E-state index is 5.59. The van der Waals surface area contributed by atoms with Crippen LogP contribution in [0.1, 0.15) is 69.4 Å². The van der Waals surface area contributed by atoms with Crippen molar-refractivity contribution in [1.82, 2.24) is 0 Å². The zero-order chi connectivity index (χ0) is 13.1. The van der Waals surface area contributed by atoms with Gasteiger partial charge in [0.25, 0.3) is 0 Å². The van der Waals surface area contributed by atoms with Gasteiger partial charge in [-0.1, -0.05) is 76.1 Å². The van der Waals surface area contributed by atoms with Gasteiger partial charge >= 0.3 is 0 Å². The monoisotopic (exact) mass is 247 g/mol. The van der Waals surface area contributed by atoms with Crippen molar-refractivity contribution >= 4 is 0 Å². The Bertz CT molecular complexity index is 289. The molecule has 1 aromatic rings. The molecule has 0 saturated carbocycles. The zero-order valence-corrected chi connectivity index (χ0v) is 12.0. The van der Waals surface area contributed by atoms with Crippen LogP contribution in [0.25, 0.3) is 0 Å². The van der Waals surface area contributed by atoms with Gasteiger partial charge in [0, 0.05) is 6.54 Å². The molecule has 0 radical (unpaired) electrons. The molecule has 0 aliphatic heterocycles. The number of aryl methyl sites for hydroxylation is 1. The van der Waals surface area contributed by atoms with Gasteiger partial charge in [-0.2, -0.15) is 0 Å². The van der Waals surface area contributed by atoms with E-state index in [1.54, 1.807) is 0 Å². The van der Waals surface area contributed by atoms with E-state index >= 15 is 0 Å². The molecule has 0 fully saturated rings. The Hall–Kier alpha value is -0.820. The molecular formula is C17H29N. The molecule has 18 heavy (non-hydrogen) atoms. The highest BCUT2D eigenvalue weighted by atomic mass is 14.5. The number of hydrogen-bond acceptors (Lipinski definition) is 1. The molecular weight excluding hydrogens is 218 g/mol. The number of nitrogens with two attached hydrogens (primary N) is 1. The normalized spacial score (nSPS) is 10.8. The Morgan fingerprint density at radius 1 is 0.722 bits per heavy atom. The SMILES string of the molecule is CCCCCCCCCCc1ccc(CN)cc1. The van der Waals surface area contributed by atoms with Crippen molar-refractivity contribution in [3.05, 3.63) is 35.4 Å². The molecule has 1 rings (SSSR count). The van der Waals surface area contributed by atoms with E-state index in [1.165, 1.54) is 68.9 Å². The highest BCUT2D eigenvalue weighted by Gasteiger charge is 1.95. The first-order chi connectivity index (χ1) is 8.86. The molecule has 1 heteroatoms. The molecule has 0 aliphatic rings. The molecule has 0 aromatic heterocycles. The summed E-state index contributed by atoms with van der Waals surface area (Å²) in [6.07, 6.45) is 12.4. The maximum Gasteiger partial charge on any atom is 0.0178 e. The van der Waals surface area contributed by atoms with Gasteiger partial charge in [0.05, 0.1) is 0 Å². The summed E-state index contributed by atoms with van der Waals surface area (Å²) in [6.45, 7) is 2.92. The minimum atomic E-state index is 0.651. The molecule has 0 atom stereocenters. The van der Waals surface area contributed by atoms with Crippen LogP contribution < -0.4 is 5.73 Å². The largest absolute Gasteiger partial charge is 0.326 e. The standard InChI is InChI=1S/C17H29N/c1-2-3-4-5-6-7-8-9-10-16-11-13-17(15-18)14-12-16/h11-14H,2-10,15,18H2,1H3. The molecule has 2 N–H and O–H groups in total. The van der Waals surface area contributed by atoms with E-state index < -0.39 is 0 Å². The Balaban J connectivity index is 2.00. The topological polar surface area (TPSA) is 26.0 Å². The van der Waals surface area contributed by atoms with Crippen LogP contribution in [0.15, 0.2) is 24.3 Å². The second-order valence-electron chi connectivity index (χ2n) is 5.25. The molecule has 0 aliphatic carbocycles. The van der Waals surface area contributed by atoms with Crippen molar-refractivity contribution in [2.45, 2.75) is 71.3 Å². The fraction of sp³-hybridized carbons (Fsp3) is 0.647. The molecule has 0 spiro atoms. The van der Waals surface area contributed by atoms with E-state index in [4.69, 9.17) is 5.73 Å². The lowest BCUT2D eigenvalue weighted by atomic mass is 10.0. The van der Waals surface area contributed by atoms with Gasteiger partial charge in [-0.05, 0) is 24.0 Å². The van der Waals surface area contributed by atoms with Gasteiger partial charge in [0.2, 0.25) is 0 Å². The third-order valence-corrected chi connectivity index (χ3v) is 3.58. The average Bonchev–Trinajstić information content (AvgIpc) is 2.42. The number of unbranched alkanes of at least 4 members (excludes halogenated alkanes) is 7. The first-order valence-electron chi connectivity index (χ1n) is 7.64. The second kappa shape index (κ2) is 10.1. The summed E-state index contributed by atoms with van der Waals surface area (Å²) in [5, 5.41) is 0. The van der Waals surface area contributed by atoms with Crippen LogP contribution >= 0.6 is 0 Å². The summed E-state index contributed by atoms with van der Waals surface area (Å²) in [4.78, 5) is 0. The minimum absolute atomic E-state index is 0.651. The van der Waals surface area contributed by atoms with Crippen molar-refractivity contribution < 1.29 is 0 Å². The first-order valence-corrected chi connectivity index (χ1v) is 7.64. The summed E-state index contributed by atoms with van der Waals surface area (Å²) in [6, 6.07) is 8.76. The van der Waals surface area contributed by atoms with Gasteiger partial charge in [-0.15, -0.1) is 0 Å². The summed E-state index contributed by atoms with van der Waals surface area (Å²) < 4.78 is 0. The molecule has 0 saturated heterocycles. The van der Waals surface area contributed by atoms with E-state index in [0.29, 0.717) is 6.54 Å². The van der Waals surface area contributed by atoms with Crippen LogP contribution in [0.3, 0.4) is 0 Å². The molecule has 102 valence electrons. The molecule has 0 bridgehead atoms. The third kappa shape index (κ3) is 6.80. The van der Waals surface area contributed by atoms with Crippen LogP contribution in [-0.2, 0) is 13.0 Å². The fourth-order valence-electron chi connectivity index (χ4n) is 2.31. The van der Waals surface area contributed by atoms with Gasteiger partial charge in [-0.25, -0.2) is 0 Å². The Labute approximate surface area is 113 Å². The highest BCUT2D eigenvalue weighted by molar-refractivity contribution is 5.22. The number of hydrogen-bond donors (Lipinski definition) is 1. The molecule has 0 unspecified atom stereocenters. The van der Waals surface area contributed by atoms with Crippen molar-refractivity contribution in [2.75, 3.05) is 0 Å². The van der Waals surface area contributed by atoms with Crippen LogP contribution in [0.5, 0.6) is 0 Å². The smallest absolute Gasteiger partial charge is 0.0178 e. The van der Waals surface area contributed by atoms with Crippen molar-refractivity contribution in [3.8, 4) is 0 Å². The molecule has 1 nitrogen and oxygen atoms in total. The number of rotatable bonds is 10. The first kappa shape index (κ1) is 15.2. The van der Waals surface area contributed by atoms with Gasteiger partial charge in [-0.3, -0.25) is 0 Å². The Kier molecular flexibility index (Phi) is 8.58. The summed E-state index contributed by atoms with van der Waals surface area (Å²) >= 11 is 0. The van der Waals surface area contributed by atoms with Crippen LogP contribution in [-0.4, -0.2) is 0 Å². The van der Waals surface area contributed by atoms with Gasteiger partial charge in [0.1, 0.15) is 0 Å². The van der Waals surface area contributed by atoms with Crippen molar-refractivity contribution in [1.29, 1.82) is 0 Å². The summed E-state index contributed by atoms with van der Waals surface area (Å²) in [5.41, 5.74) is 8.28. The Morgan fingerprint density at radius 3 is 1.78 bits per heavy atom. The average molecular weight is 247 g/mol. The van der Waals surface area contributed by atoms with Crippen molar-refractivity contribution in [3.63, 3.8) is 0 Å². The Morgan fingerprint density at radius 2 is 1.22 bits per heavy atom. The van der Waals surface area contributed by atoms with E-state index in [1.807, 2.05) is 0 Å². The van der Waals surface area contributed by atoms with Gasteiger partial charge in [0.15, 0.2) is 0 Å². The summed E-state index contributed by atoms with van der Waals surface area (Å²) in [7, 11) is 0. The number of benzene rings is 1. The predicted molar refractivity (Wildman–Crippen MR) is 80.6 cm³/mol. The van der Waals surface area contributed by atoms with E-state index in [2.05, 4.69) is 31.2 Å². The van der Waals surface area contributed by atoms with E-state index in [0.717, 1.165) is 0 Å². The summed E-state index contributed by atoms with van der Waals surface area (Å²) in [5.74, 6) is 0. The van der Waals surface area contributed by atoms with Gasteiger partial charge < -0.3 is 5.73 Å². The highest BCUT2D eigenvalue weighted by Crippen LogP contribution is 2.12. The fourth-order valence-corrected chi connectivity index (χ4v) is 2.31. The van der Waals surface area contributed by atoms with E-state index in [-0.39, 0.29) is 0 Å². The second-order valence-corrected chi connectivity index (χ2v) is 5.25. The van der Waals surface area contributed by atoms with Crippen LogP contribution in [0.4, 0.5) is 0 Å². The third-order valence-electron chi connectivity index (χ3n) is 3.58. The van der Waals surface area contributed by atoms with Crippen molar-refractivity contribution in [2.24, 2.45) is 5.73 Å². The predicted octanol–water partition coefficient (Wildman–Crippen LogP) is 4.83. The van der Waals surface area contributed by atoms with Crippen LogP contribution in [0, 0.1) is 0 Å². The molecule has 0 heterocycles.